The fourth-order valence-electron chi connectivity index (χ4n) is 1.99. The first-order chi connectivity index (χ1) is 8.16. The molecule has 1 aliphatic rings. The SMILES string of the molecule is CC(Cn1cc(Cl)cn1)C(=O)N1CCNCC1. The Bertz CT molecular complexity index is 387. The normalized spacial score (nSPS) is 18.1. The van der Waals surface area contributed by atoms with E-state index in [1.54, 1.807) is 17.1 Å². The number of carbonyl (C=O) groups is 1. The van der Waals surface area contributed by atoms with Crippen LogP contribution in [-0.4, -0.2) is 46.8 Å². The lowest BCUT2D eigenvalue weighted by Gasteiger charge is -2.29. The molecule has 2 rings (SSSR count). The van der Waals surface area contributed by atoms with Crippen LogP contribution in [0, 0.1) is 5.92 Å². The average molecular weight is 257 g/mol. The highest BCUT2D eigenvalue weighted by molar-refractivity contribution is 6.30. The molecule has 94 valence electrons. The molecule has 0 saturated carbocycles. The highest BCUT2D eigenvalue weighted by atomic mass is 35.5. The van der Waals surface area contributed by atoms with Crippen molar-refractivity contribution in [3.05, 3.63) is 17.4 Å². The van der Waals surface area contributed by atoms with Crippen LogP contribution in [-0.2, 0) is 11.3 Å². The summed E-state index contributed by atoms with van der Waals surface area (Å²) in [7, 11) is 0. The molecule has 1 fully saturated rings. The third-order valence-electron chi connectivity index (χ3n) is 2.91. The van der Waals surface area contributed by atoms with Crippen LogP contribution in [0.5, 0.6) is 0 Å². The van der Waals surface area contributed by atoms with Gasteiger partial charge in [0.05, 0.1) is 23.7 Å². The van der Waals surface area contributed by atoms with Gasteiger partial charge in [-0.3, -0.25) is 9.48 Å². The van der Waals surface area contributed by atoms with Crippen LogP contribution in [0.25, 0.3) is 0 Å². The van der Waals surface area contributed by atoms with Crippen LogP contribution in [0.1, 0.15) is 6.92 Å². The first-order valence-corrected chi connectivity index (χ1v) is 6.22. The van der Waals surface area contributed by atoms with Gasteiger partial charge in [-0.1, -0.05) is 18.5 Å². The summed E-state index contributed by atoms with van der Waals surface area (Å²) in [5, 5.41) is 7.92. The molecule has 6 heteroatoms. The molecular weight excluding hydrogens is 240 g/mol. The molecule has 1 aliphatic heterocycles. The molecule has 2 heterocycles. The van der Waals surface area contributed by atoms with E-state index in [0.29, 0.717) is 11.6 Å². The Hall–Kier alpha value is -1.07. The molecule has 0 bridgehead atoms. The zero-order valence-electron chi connectivity index (χ0n) is 9.90. The van der Waals surface area contributed by atoms with Gasteiger partial charge in [-0.25, -0.2) is 0 Å². The van der Waals surface area contributed by atoms with Crippen LogP contribution in [0.4, 0.5) is 0 Å². The monoisotopic (exact) mass is 256 g/mol. The van der Waals surface area contributed by atoms with Crippen LogP contribution in [0.15, 0.2) is 12.4 Å². The van der Waals surface area contributed by atoms with Gasteiger partial charge in [0.25, 0.3) is 0 Å². The van der Waals surface area contributed by atoms with E-state index in [9.17, 15) is 4.79 Å². The van der Waals surface area contributed by atoms with Gasteiger partial charge in [-0.15, -0.1) is 0 Å². The summed E-state index contributed by atoms with van der Waals surface area (Å²) in [6.45, 7) is 5.86. The van der Waals surface area contributed by atoms with Crippen molar-refractivity contribution in [3.8, 4) is 0 Å². The molecule has 0 aromatic carbocycles. The Morgan fingerprint density at radius 1 is 1.59 bits per heavy atom. The predicted molar refractivity (Wildman–Crippen MR) is 65.9 cm³/mol. The molecule has 0 aliphatic carbocycles. The lowest BCUT2D eigenvalue weighted by molar-refractivity contribution is -0.136. The number of halogens is 1. The van der Waals surface area contributed by atoms with Crippen molar-refractivity contribution >= 4 is 17.5 Å². The van der Waals surface area contributed by atoms with E-state index < -0.39 is 0 Å². The number of nitrogens with zero attached hydrogens (tertiary/aromatic N) is 3. The third kappa shape index (κ3) is 3.20. The van der Waals surface area contributed by atoms with Crippen molar-refractivity contribution in [1.82, 2.24) is 20.0 Å². The zero-order valence-corrected chi connectivity index (χ0v) is 10.7. The maximum Gasteiger partial charge on any atom is 0.227 e. The zero-order chi connectivity index (χ0) is 12.3. The summed E-state index contributed by atoms with van der Waals surface area (Å²) in [4.78, 5) is 14.0. The maximum atomic E-state index is 12.1. The molecule has 1 aromatic heterocycles. The van der Waals surface area contributed by atoms with Crippen molar-refractivity contribution in [3.63, 3.8) is 0 Å². The van der Waals surface area contributed by atoms with Crippen molar-refractivity contribution in [2.24, 2.45) is 5.92 Å². The van der Waals surface area contributed by atoms with Gasteiger partial charge in [0.1, 0.15) is 0 Å². The molecule has 1 saturated heterocycles. The fourth-order valence-corrected chi connectivity index (χ4v) is 2.15. The number of aromatic nitrogens is 2. The highest BCUT2D eigenvalue weighted by Crippen LogP contribution is 2.10. The van der Waals surface area contributed by atoms with E-state index in [1.807, 2.05) is 11.8 Å². The topological polar surface area (TPSA) is 50.2 Å². The van der Waals surface area contributed by atoms with Crippen LogP contribution in [0.3, 0.4) is 0 Å². The quantitative estimate of drug-likeness (QED) is 0.862. The van der Waals surface area contributed by atoms with E-state index in [1.165, 1.54) is 0 Å². The smallest absolute Gasteiger partial charge is 0.227 e. The Balaban J connectivity index is 1.90. The molecule has 5 nitrogen and oxygen atoms in total. The van der Waals surface area contributed by atoms with Crippen molar-refractivity contribution in [2.45, 2.75) is 13.5 Å². The summed E-state index contributed by atoms with van der Waals surface area (Å²) in [5.41, 5.74) is 0. The Kier molecular flexibility index (Phi) is 4.02. The van der Waals surface area contributed by atoms with Crippen molar-refractivity contribution in [1.29, 1.82) is 0 Å². The summed E-state index contributed by atoms with van der Waals surface area (Å²) >= 11 is 5.79. The first-order valence-electron chi connectivity index (χ1n) is 5.84. The molecule has 0 spiro atoms. The van der Waals surface area contributed by atoms with Crippen LogP contribution < -0.4 is 5.32 Å². The fraction of sp³-hybridized carbons (Fsp3) is 0.636. The number of hydrogen-bond donors (Lipinski definition) is 1. The first kappa shape index (κ1) is 12.4. The van der Waals surface area contributed by atoms with Crippen LogP contribution in [0.2, 0.25) is 5.02 Å². The molecule has 17 heavy (non-hydrogen) atoms. The molecule has 1 aromatic rings. The molecule has 1 N–H and O–H groups in total. The minimum Gasteiger partial charge on any atom is -0.340 e. The predicted octanol–water partition coefficient (Wildman–Crippen LogP) is 0.604. The molecule has 1 atom stereocenters. The molecular formula is C11H17ClN4O. The largest absolute Gasteiger partial charge is 0.340 e. The average Bonchev–Trinajstić information content (AvgIpc) is 2.75. The van der Waals surface area contributed by atoms with Crippen LogP contribution >= 0.6 is 11.6 Å². The number of hydrogen-bond acceptors (Lipinski definition) is 3. The Morgan fingerprint density at radius 2 is 2.29 bits per heavy atom. The summed E-state index contributed by atoms with van der Waals surface area (Å²) in [6, 6.07) is 0. The Labute approximate surface area is 106 Å². The summed E-state index contributed by atoms with van der Waals surface area (Å²) < 4.78 is 1.72. The lowest BCUT2D eigenvalue weighted by Crippen LogP contribution is -2.48. The molecule has 0 radical (unpaired) electrons. The van der Waals surface area contributed by atoms with Gasteiger partial charge < -0.3 is 10.2 Å². The minimum absolute atomic E-state index is 0.0657. The van der Waals surface area contributed by atoms with Gasteiger partial charge >= 0.3 is 0 Å². The highest BCUT2D eigenvalue weighted by Gasteiger charge is 2.22. The third-order valence-corrected chi connectivity index (χ3v) is 3.11. The van der Waals surface area contributed by atoms with Gasteiger partial charge in [0.2, 0.25) is 5.91 Å². The van der Waals surface area contributed by atoms with Crippen molar-refractivity contribution in [2.75, 3.05) is 26.2 Å². The van der Waals surface area contributed by atoms with E-state index in [-0.39, 0.29) is 11.8 Å². The van der Waals surface area contributed by atoms with Gasteiger partial charge in [0, 0.05) is 32.4 Å². The maximum absolute atomic E-state index is 12.1. The summed E-state index contributed by atoms with van der Waals surface area (Å²) in [6.07, 6.45) is 3.33. The number of rotatable bonds is 3. The van der Waals surface area contributed by atoms with Crippen molar-refractivity contribution < 1.29 is 4.79 Å². The number of piperazine rings is 1. The second-order valence-electron chi connectivity index (χ2n) is 4.36. The minimum atomic E-state index is -0.0657. The molecule has 1 unspecified atom stereocenters. The number of carbonyl (C=O) groups excluding carboxylic acids is 1. The second-order valence-corrected chi connectivity index (χ2v) is 4.79. The van der Waals surface area contributed by atoms with Gasteiger partial charge in [0.15, 0.2) is 0 Å². The Morgan fingerprint density at radius 3 is 2.88 bits per heavy atom. The van der Waals surface area contributed by atoms with E-state index >= 15 is 0 Å². The van der Waals surface area contributed by atoms with E-state index in [2.05, 4.69) is 10.4 Å². The second kappa shape index (κ2) is 5.51. The van der Waals surface area contributed by atoms with E-state index in [0.717, 1.165) is 26.2 Å². The number of amides is 1. The van der Waals surface area contributed by atoms with Gasteiger partial charge in [-0.2, -0.15) is 5.10 Å². The standard InChI is InChI=1S/C11H17ClN4O/c1-9(7-16-8-10(12)6-14-16)11(17)15-4-2-13-3-5-15/h6,8-9,13H,2-5,7H2,1H3. The lowest BCUT2D eigenvalue weighted by atomic mass is 10.1. The van der Waals surface area contributed by atoms with E-state index in [4.69, 9.17) is 11.6 Å². The summed E-state index contributed by atoms with van der Waals surface area (Å²) in [5.74, 6) is 0.127. The van der Waals surface area contributed by atoms with Gasteiger partial charge in [-0.05, 0) is 0 Å². The molecule has 1 amide bonds. The number of nitrogens with one attached hydrogen (secondary N) is 1.